The Morgan fingerprint density at radius 3 is 2.95 bits per heavy atom. The summed E-state index contributed by atoms with van der Waals surface area (Å²) in [7, 11) is 0. The molecule has 1 amide bonds. The Hall–Kier alpha value is -0.870. The summed E-state index contributed by atoms with van der Waals surface area (Å²) < 4.78 is 0. The molecular weight excluding hydrogens is 280 g/mol. The van der Waals surface area contributed by atoms with Gasteiger partial charge in [-0.05, 0) is 63.6 Å². The minimum Gasteiger partial charge on any atom is -0.353 e. The minimum atomic E-state index is 0.267. The third kappa shape index (κ3) is 4.82. The average molecular weight is 306 g/mol. The van der Waals surface area contributed by atoms with Crippen molar-refractivity contribution in [2.75, 3.05) is 13.1 Å². The second-order valence-corrected chi connectivity index (χ2v) is 8.01. The molecule has 1 atom stereocenters. The number of likely N-dealkylation sites (tertiary alicyclic amines) is 1. The van der Waals surface area contributed by atoms with Gasteiger partial charge in [0.1, 0.15) is 0 Å². The van der Waals surface area contributed by atoms with E-state index >= 15 is 0 Å². The molecule has 1 saturated heterocycles. The minimum absolute atomic E-state index is 0.267. The maximum atomic E-state index is 11.8. The second kappa shape index (κ2) is 6.93. The third-order valence-electron chi connectivity index (χ3n) is 4.50. The zero-order valence-corrected chi connectivity index (χ0v) is 13.8. The molecule has 1 aromatic heterocycles. The molecule has 1 unspecified atom stereocenters. The number of amides is 1. The molecule has 21 heavy (non-hydrogen) atoms. The van der Waals surface area contributed by atoms with E-state index in [0.717, 1.165) is 19.5 Å². The third-order valence-corrected chi connectivity index (χ3v) is 5.49. The van der Waals surface area contributed by atoms with Crippen LogP contribution in [0.4, 0.5) is 0 Å². The van der Waals surface area contributed by atoms with Crippen molar-refractivity contribution in [2.45, 2.75) is 58.0 Å². The lowest BCUT2D eigenvalue weighted by molar-refractivity contribution is -0.121. The quantitative estimate of drug-likeness (QED) is 0.874. The normalized spacial score (nSPS) is 23.2. The van der Waals surface area contributed by atoms with E-state index in [9.17, 15) is 4.79 Å². The van der Waals surface area contributed by atoms with Crippen LogP contribution in [0.25, 0.3) is 0 Å². The number of hydrogen-bond acceptors (Lipinski definition) is 3. The average Bonchev–Trinajstić information content (AvgIpc) is 3.18. The van der Waals surface area contributed by atoms with Crippen molar-refractivity contribution in [1.29, 1.82) is 0 Å². The molecule has 0 spiro atoms. The van der Waals surface area contributed by atoms with Gasteiger partial charge in [-0.25, -0.2) is 0 Å². The van der Waals surface area contributed by atoms with Gasteiger partial charge in [-0.15, -0.1) is 11.3 Å². The van der Waals surface area contributed by atoms with Gasteiger partial charge in [0.05, 0.1) is 0 Å². The summed E-state index contributed by atoms with van der Waals surface area (Å²) in [5.41, 5.74) is 0. The summed E-state index contributed by atoms with van der Waals surface area (Å²) in [6.07, 6.45) is 6.70. The summed E-state index contributed by atoms with van der Waals surface area (Å²) in [4.78, 5) is 17.2. The predicted molar refractivity (Wildman–Crippen MR) is 87.5 cm³/mol. The maximum absolute atomic E-state index is 11.8. The van der Waals surface area contributed by atoms with Crippen molar-refractivity contribution >= 4 is 17.2 Å². The van der Waals surface area contributed by atoms with Crippen LogP contribution in [0.5, 0.6) is 0 Å². The van der Waals surface area contributed by atoms with Crippen molar-refractivity contribution in [2.24, 2.45) is 5.92 Å². The highest BCUT2D eigenvalue weighted by Crippen LogP contribution is 2.25. The van der Waals surface area contributed by atoms with Gasteiger partial charge in [0.2, 0.25) is 5.91 Å². The molecule has 2 aliphatic rings. The van der Waals surface area contributed by atoms with Crippen LogP contribution in [0.1, 0.15) is 48.3 Å². The molecule has 1 N–H and O–H groups in total. The summed E-state index contributed by atoms with van der Waals surface area (Å²) >= 11 is 1.91. The fourth-order valence-electron chi connectivity index (χ4n) is 3.18. The van der Waals surface area contributed by atoms with Crippen LogP contribution in [0, 0.1) is 12.8 Å². The van der Waals surface area contributed by atoms with E-state index in [-0.39, 0.29) is 5.91 Å². The van der Waals surface area contributed by atoms with Crippen molar-refractivity contribution < 1.29 is 4.79 Å². The van der Waals surface area contributed by atoms with Crippen LogP contribution < -0.4 is 5.32 Å². The van der Waals surface area contributed by atoms with Crippen molar-refractivity contribution in [3.05, 3.63) is 21.9 Å². The summed E-state index contributed by atoms with van der Waals surface area (Å²) in [5.74, 6) is 0.966. The first-order valence-corrected chi connectivity index (χ1v) is 9.08. The lowest BCUT2D eigenvalue weighted by atomic mass is 9.93. The van der Waals surface area contributed by atoms with Crippen LogP contribution in [0.3, 0.4) is 0 Å². The molecular formula is C17H26N2OS. The fourth-order valence-corrected chi connectivity index (χ4v) is 4.12. The molecule has 0 bridgehead atoms. The fraction of sp³-hybridized carbons (Fsp3) is 0.706. The van der Waals surface area contributed by atoms with Gasteiger partial charge >= 0.3 is 0 Å². The number of rotatable bonds is 6. The van der Waals surface area contributed by atoms with Crippen LogP contribution in [-0.4, -0.2) is 29.9 Å². The molecule has 0 radical (unpaired) electrons. The largest absolute Gasteiger partial charge is 0.353 e. The lowest BCUT2D eigenvalue weighted by Crippen LogP contribution is -2.35. The van der Waals surface area contributed by atoms with Gasteiger partial charge in [0, 0.05) is 35.3 Å². The van der Waals surface area contributed by atoms with Gasteiger partial charge in [0.25, 0.3) is 0 Å². The Bertz CT molecular complexity index is 481. The standard InChI is InChI=1S/C17H26N2OS/c1-13-4-8-16(21-13)12-19-10-2-3-14(11-19)5-9-17(20)18-15-6-7-15/h4,8,14-15H,2-3,5-7,9-12H2,1H3,(H,18,20). The van der Waals surface area contributed by atoms with Gasteiger partial charge < -0.3 is 5.32 Å². The summed E-state index contributed by atoms with van der Waals surface area (Å²) in [5, 5.41) is 3.10. The molecule has 116 valence electrons. The van der Waals surface area contributed by atoms with Crippen molar-refractivity contribution in [3.8, 4) is 0 Å². The molecule has 3 nitrogen and oxygen atoms in total. The number of carbonyl (C=O) groups excluding carboxylic acids is 1. The van der Waals surface area contributed by atoms with E-state index in [1.54, 1.807) is 0 Å². The number of hydrogen-bond donors (Lipinski definition) is 1. The molecule has 2 fully saturated rings. The first-order chi connectivity index (χ1) is 10.2. The SMILES string of the molecule is Cc1ccc(CN2CCCC(CCC(=O)NC3CC3)C2)s1. The predicted octanol–water partition coefficient (Wildman–Crippen LogP) is 3.33. The van der Waals surface area contributed by atoms with E-state index in [1.807, 2.05) is 11.3 Å². The van der Waals surface area contributed by atoms with E-state index in [4.69, 9.17) is 0 Å². The smallest absolute Gasteiger partial charge is 0.220 e. The summed E-state index contributed by atoms with van der Waals surface area (Å²) in [6, 6.07) is 4.97. The Morgan fingerprint density at radius 2 is 2.24 bits per heavy atom. The molecule has 1 aliphatic heterocycles. The zero-order chi connectivity index (χ0) is 14.7. The van der Waals surface area contributed by atoms with Gasteiger partial charge in [0.15, 0.2) is 0 Å². The Balaban J connectivity index is 1.41. The number of thiophene rings is 1. The topological polar surface area (TPSA) is 32.3 Å². The summed E-state index contributed by atoms with van der Waals surface area (Å²) in [6.45, 7) is 5.63. The zero-order valence-electron chi connectivity index (χ0n) is 12.9. The molecule has 3 rings (SSSR count). The van der Waals surface area contributed by atoms with Gasteiger partial charge in [-0.3, -0.25) is 9.69 Å². The highest BCUT2D eigenvalue weighted by Gasteiger charge is 2.24. The molecule has 1 aromatic rings. The van der Waals surface area contributed by atoms with Crippen LogP contribution in [0.2, 0.25) is 0 Å². The van der Waals surface area contributed by atoms with Crippen LogP contribution in [-0.2, 0) is 11.3 Å². The van der Waals surface area contributed by atoms with E-state index in [2.05, 4.69) is 29.3 Å². The number of nitrogens with one attached hydrogen (secondary N) is 1. The van der Waals surface area contributed by atoms with E-state index in [1.165, 1.54) is 42.0 Å². The van der Waals surface area contributed by atoms with E-state index < -0.39 is 0 Å². The molecule has 2 heterocycles. The molecule has 1 aliphatic carbocycles. The molecule has 4 heteroatoms. The Kier molecular flexibility index (Phi) is 4.96. The van der Waals surface area contributed by atoms with Crippen molar-refractivity contribution in [1.82, 2.24) is 10.2 Å². The highest BCUT2D eigenvalue weighted by atomic mass is 32.1. The highest BCUT2D eigenvalue weighted by molar-refractivity contribution is 7.11. The second-order valence-electron chi connectivity index (χ2n) is 6.64. The first-order valence-electron chi connectivity index (χ1n) is 8.26. The Labute approximate surface area is 131 Å². The monoisotopic (exact) mass is 306 g/mol. The van der Waals surface area contributed by atoms with Crippen molar-refractivity contribution in [3.63, 3.8) is 0 Å². The Morgan fingerprint density at radius 1 is 1.38 bits per heavy atom. The first kappa shape index (κ1) is 15.0. The number of nitrogens with zero attached hydrogens (tertiary/aromatic N) is 1. The lowest BCUT2D eigenvalue weighted by Gasteiger charge is -2.32. The number of aryl methyl sites for hydroxylation is 1. The number of carbonyl (C=O) groups is 1. The van der Waals surface area contributed by atoms with Crippen LogP contribution >= 0.6 is 11.3 Å². The van der Waals surface area contributed by atoms with Gasteiger partial charge in [-0.1, -0.05) is 0 Å². The van der Waals surface area contributed by atoms with E-state index in [0.29, 0.717) is 18.4 Å². The van der Waals surface area contributed by atoms with Gasteiger partial charge in [-0.2, -0.15) is 0 Å². The molecule has 0 aromatic carbocycles. The van der Waals surface area contributed by atoms with Crippen LogP contribution in [0.15, 0.2) is 12.1 Å². The number of piperidine rings is 1. The maximum Gasteiger partial charge on any atom is 0.220 e. The molecule has 1 saturated carbocycles.